The van der Waals surface area contributed by atoms with Gasteiger partial charge in [0.25, 0.3) is 0 Å². The highest BCUT2D eigenvalue weighted by Gasteiger charge is 2.25. The van der Waals surface area contributed by atoms with Crippen LogP contribution in [0.1, 0.15) is 28.9 Å². The molecular weight excluding hydrogens is 381 g/mol. The van der Waals surface area contributed by atoms with Crippen molar-refractivity contribution in [2.45, 2.75) is 31.0 Å². The highest BCUT2D eigenvalue weighted by molar-refractivity contribution is 5.21. The first-order valence-electron chi connectivity index (χ1n) is 10.1. The summed E-state index contributed by atoms with van der Waals surface area (Å²) in [7, 11) is 0. The van der Waals surface area contributed by atoms with E-state index in [0.717, 1.165) is 11.1 Å². The van der Waals surface area contributed by atoms with Gasteiger partial charge in [-0.05, 0) is 16.7 Å². The van der Waals surface area contributed by atoms with Crippen LogP contribution in [0.25, 0.3) is 0 Å². The largest absolute Gasteiger partial charge is 0.389 e. The van der Waals surface area contributed by atoms with Gasteiger partial charge in [0, 0.05) is 6.54 Å². The average Bonchev–Trinajstić information content (AvgIpc) is 2.80. The van der Waals surface area contributed by atoms with Gasteiger partial charge in [0.05, 0.1) is 25.4 Å². The van der Waals surface area contributed by atoms with Gasteiger partial charge in [-0.1, -0.05) is 91.0 Å². The maximum atomic E-state index is 14.6. The van der Waals surface area contributed by atoms with Crippen molar-refractivity contribution in [1.29, 1.82) is 0 Å². The van der Waals surface area contributed by atoms with Crippen molar-refractivity contribution in [3.63, 3.8) is 0 Å². The maximum absolute atomic E-state index is 14.6. The van der Waals surface area contributed by atoms with Crippen LogP contribution in [0, 0.1) is 0 Å². The van der Waals surface area contributed by atoms with Crippen LogP contribution in [0.15, 0.2) is 91.0 Å². The van der Waals surface area contributed by atoms with Crippen molar-refractivity contribution in [3.8, 4) is 0 Å². The Balaban J connectivity index is 1.59. The summed E-state index contributed by atoms with van der Waals surface area (Å²) < 4.78 is 20.3. The van der Waals surface area contributed by atoms with Gasteiger partial charge in [-0.15, -0.1) is 0 Å². The molecule has 0 aliphatic carbocycles. The molecule has 0 radical (unpaired) electrons. The van der Waals surface area contributed by atoms with E-state index >= 15 is 0 Å². The molecule has 0 aromatic heterocycles. The van der Waals surface area contributed by atoms with E-state index in [4.69, 9.17) is 4.74 Å². The number of hydrogen-bond donors (Lipinski definition) is 3. The molecule has 4 atom stereocenters. The van der Waals surface area contributed by atoms with Crippen LogP contribution < -0.4 is 5.32 Å². The molecule has 4 nitrogen and oxygen atoms in total. The highest BCUT2D eigenvalue weighted by Crippen LogP contribution is 2.23. The van der Waals surface area contributed by atoms with E-state index in [9.17, 15) is 14.6 Å². The van der Waals surface area contributed by atoms with E-state index in [0.29, 0.717) is 12.2 Å². The fourth-order valence-electron chi connectivity index (χ4n) is 3.31. The summed E-state index contributed by atoms with van der Waals surface area (Å²) in [5.74, 6) is 0. The van der Waals surface area contributed by atoms with Gasteiger partial charge in [0.15, 0.2) is 6.17 Å². The van der Waals surface area contributed by atoms with E-state index in [-0.39, 0.29) is 13.2 Å². The van der Waals surface area contributed by atoms with Crippen molar-refractivity contribution in [2.24, 2.45) is 0 Å². The summed E-state index contributed by atoms with van der Waals surface area (Å²) in [4.78, 5) is 0. The van der Waals surface area contributed by atoms with Gasteiger partial charge in [0.2, 0.25) is 0 Å². The van der Waals surface area contributed by atoms with Gasteiger partial charge < -0.3 is 20.3 Å². The molecule has 0 amide bonds. The van der Waals surface area contributed by atoms with Crippen LogP contribution in [0.5, 0.6) is 0 Å². The third-order valence-electron chi connectivity index (χ3n) is 4.95. The topological polar surface area (TPSA) is 61.7 Å². The number of hydrogen-bond acceptors (Lipinski definition) is 4. The second-order valence-electron chi connectivity index (χ2n) is 7.24. The number of ether oxygens (including phenoxy) is 1. The Labute approximate surface area is 177 Å². The quantitative estimate of drug-likeness (QED) is 0.449. The molecule has 158 valence electrons. The Morgan fingerprint density at radius 1 is 0.733 bits per heavy atom. The standard InChI is InChI=1S/C25H28FNO3/c26-24(20-12-6-2-7-13-20)22(28)16-27-25(21-14-8-3-9-15-21)23(29)18-30-17-19-10-4-1-5-11-19/h1-15,22-25,27-29H,16-18H2/t22-,23+,24+,25-/m0/s1. The van der Waals surface area contributed by atoms with Gasteiger partial charge >= 0.3 is 0 Å². The Hall–Kier alpha value is -2.57. The molecule has 3 rings (SSSR count). The SMILES string of the molecule is O[C@H](COCc1ccccc1)[C@@H](NC[C@H](O)[C@H](F)c1ccccc1)c1ccccc1. The zero-order valence-corrected chi connectivity index (χ0v) is 16.8. The van der Waals surface area contributed by atoms with Gasteiger partial charge in [-0.2, -0.15) is 0 Å². The third kappa shape index (κ3) is 6.47. The van der Waals surface area contributed by atoms with Crippen molar-refractivity contribution >= 4 is 0 Å². The number of nitrogens with one attached hydrogen (secondary N) is 1. The molecule has 0 unspecified atom stereocenters. The smallest absolute Gasteiger partial charge is 0.152 e. The molecule has 0 heterocycles. The van der Waals surface area contributed by atoms with E-state index in [2.05, 4.69) is 5.32 Å². The second kappa shape index (κ2) is 11.6. The zero-order valence-electron chi connectivity index (χ0n) is 16.8. The molecule has 0 aliphatic rings. The number of aliphatic hydroxyl groups excluding tert-OH is 2. The average molecular weight is 410 g/mol. The van der Waals surface area contributed by atoms with E-state index in [1.165, 1.54) is 0 Å². The lowest BCUT2D eigenvalue weighted by molar-refractivity contribution is 0.00307. The maximum Gasteiger partial charge on any atom is 0.152 e. The molecule has 0 spiro atoms. The molecule has 0 saturated carbocycles. The van der Waals surface area contributed by atoms with E-state index in [1.807, 2.05) is 60.7 Å². The van der Waals surface area contributed by atoms with Crippen LogP contribution >= 0.6 is 0 Å². The van der Waals surface area contributed by atoms with Crippen LogP contribution in [-0.2, 0) is 11.3 Å². The summed E-state index contributed by atoms with van der Waals surface area (Å²) in [6, 6.07) is 27.2. The zero-order chi connectivity index (χ0) is 21.2. The van der Waals surface area contributed by atoms with Crippen molar-refractivity contribution in [1.82, 2.24) is 5.32 Å². The summed E-state index contributed by atoms with van der Waals surface area (Å²) in [5.41, 5.74) is 2.29. The molecule has 3 aromatic carbocycles. The molecule has 30 heavy (non-hydrogen) atoms. The first kappa shape index (κ1) is 22.1. The summed E-state index contributed by atoms with van der Waals surface area (Å²) >= 11 is 0. The molecule has 3 aromatic rings. The minimum absolute atomic E-state index is 0.00856. The number of aliphatic hydroxyl groups is 2. The molecule has 5 heteroatoms. The summed E-state index contributed by atoms with van der Waals surface area (Å²) in [6.45, 7) is 0.489. The van der Waals surface area contributed by atoms with Crippen LogP contribution in [0.4, 0.5) is 4.39 Å². The predicted octanol–water partition coefficient (Wildman–Crippen LogP) is 3.97. The number of alkyl halides is 1. The number of halogens is 1. The van der Waals surface area contributed by atoms with E-state index in [1.54, 1.807) is 30.3 Å². The fraction of sp³-hybridized carbons (Fsp3) is 0.280. The van der Waals surface area contributed by atoms with Gasteiger partial charge in [-0.3, -0.25) is 0 Å². The molecule has 3 N–H and O–H groups in total. The first-order chi connectivity index (χ1) is 14.6. The monoisotopic (exact) mass is 409 g/mol. The Kier molecular flexibility index (Phi) is 8.53. The minimum atomic E-state index is -1.51. The van der Waals surface area contributed by atoms with Crippen molar-refractivity contribution < 1.29 is 19.3 Å². The Bertz CT molecular complexity index is 848. The summed E-state index contributed by atoms with van der Waals surface area (Å²) in [6.07, 6.45) is -3.62. The number of benzene rings is 3. The number of rotatable bonds is 11. The van der Waals surface area contributed by atoms with Crippen molar-refractivity contribution in [2.75, 3.05) is 13.2 Å². The van der Waals surface area contributed by atoms with Gasteiger partial charge in [-0.25, -0.2) is 4.39 Å². The van der Waals surface area contributed by atoms with Crippen LogP contribution in [-0.4, -0.2) is 35.6 Å². The van der Waals surface area contributed by atoms with Crippen LogP contribution in [0.2, 0.25) is 0 Å². The lowest BCUT2D eigenvalue weighted by atomic mass is 10.0. The van der Waals surface area contributed by atoms with E-state index < -0.39 is 24.4 Å². The Morgan fingerprint density at radius 2 is 1.27 bits per heavy atom. The lowest BCUT2D eigenvalue weighted by Crippen LogP contribution is -2.40. The summed E-state index contributed by atoms with van der Waals surface area (Å²) in [5, 5.41) is 24.2. The molecule has 0 fully saturated rings. The normalized spacial score (nSPS) is 15.3. The molecule has 0 bridgehead atoms. The predicted molar refractivity (Wildman–Crippen MR) is 116 cm³/mol. The molecular formula is C25H28FNO3. The Morgan fingerprint density at radius 3 is 1.87 bits per heavy atom. The molecule has 0 aliphatic heterocycles. The first-order valence-corrected chi connectivity index (χ1v) is 10.1. The lowest BCUT2D eigenvalue weighted by Gasteiger charge is -2.27. The minimum Gasteiger partial charge on any atom is -0.389 e. The highest BCUT2D eigenvalue weighted by atomic mass is 19.1. The van der Waals surface area contributed by atoms with Crippen molar-refractivity contribution in [3.05, 3.63) is 108 Å². The van der Waals surface area contributed by atoms with Crippen LogP contribution in [0.3, 0.4) is 0 Å². The third-order valence-corrected chi connectivity index (χ3v) is 4.95. The fourth-order valence-corrected chi connectivity index (χ4v) is 3.31. The second-order valence-corrected chi connectivity index (χ2v) is 7.24. The molecule has 0 saturated heterocycles. The van der Waals surface area contributed by atoms with Gasteiger partial charge in [0.1, 0.15) is 6.10 Å².